The number of halogens is 5. The van der Waals surface area contributed by atoms with Crippen molar-refractivity contribution >= 4 is 5.91 Å². The summed E-state index contributed by atoms with van der Waals surface area (Å²) >= 11 is 0. The number of carbonyl (C=O) groups is 1. The van der Waals surface area contributed by atoms with E-state index in [1.54, 1.807) is 13.8 Å². The van der Waals surface area contributed by atoms with Crippen LogP contribution in [0.15, 0.2) is 0 Å². The van der Waals surface area contributed by atoms with E-state index in [1.807, 2.05) is 0 Å². The highest BCUT2D eigenvalue weighted by Crippen LogP contribution is 2.21. The van der Waals surface area contributed by atoms with Gasteiger partial charge in [-0.3, -0.25) is 4.79 Å². The van der Waals surface area contributed by atoms with Crippen molar-refractivity contribution < 1.29 is 32.9 Å². The molecule has 0 aliphatic heterocycles. The van der Waals surface area contributed by atoms with E-state index in [9.17, 15) is 26.7 Å². The highest BCUT2D eigenvalue weighted by Gasteiger charge is 2.31. The summed E-state index contributed by atoms with van der Waals surface area (Å²) in [5, 5.41) is 1.52. The Kier molecular flexibility index (Phi) is 6.51. The van der Waals surface area contributed by atoms with Gasteiger partial charge in [-0.05, 0) is 13.8 Å². The maximum Gasteiger partial charge on any atom is 0.405 e. The first-order valence-electron chi connectivity index (χ1n) is 5.35. The zero-order chi connectivity index (χ0) is 14.4. The predicted octanol–water partition coefficient (Wildman–Crippen LogP) is 2.75. The van der Waals surface area contributed by atoms with Crippen molar-refractivity contribution in [3.8, 4) is 0 Å². The van der Waals surface area contributed by atoms with E-state index in [0.717, 1.165) is 0 Å². The topological polar surface area (TPSA) is 38.3 Å². The van der Waals surface area contributed by atoms with Crippen LogP contribution in [-0.4, -0.2) is 37.3 Å². The third kappa shape index (κ3) is 10.2. The molecular weight excluding hydrogens is 261 g/mol. The first kappa shape index (κ1) is 17.1. The average molecular weight is 279 g/mol. The molecule has 1 amide bonds. The lowest BCUT2D eigenvalue weighted by atomic mass is 10.2. The van der Waals surface area contributed by atoms with Gasteiger partial charge in [-0.25, -0.2) is 8.78 Å². The van der Waals surface area contributed by atoms with Crippen molar-refractivity contribution in [2.75, 3.05) is 13.2 Å². The third-order valence-electron chi connectivity index (χ3n) is 1.83. The minimum atomic E-state index is -4.54. The van der Waals surface area contributed by atoms with Gasteiger partial charge in [-0.1, -0.05) is 0 Å². The minimum absolute atomic E-state index is 0. The van der Waals surface area contributed by atoms with Gasteiger partial charge >= 0.3 is 6.18 Å². The lowest BCUT2D eigenvalue weighted by molar-refractivity contribution is -0.140. The molecule has 0 spiro atoms. The Bertz CT molecular complexity index is 271. The van der Waals surface area contributed by atoms with Crippen LogP contribution in [0.25, 0.3) is 0 Å². The molecule has 0 aliphatic rings. The summed E-state index contributed by atoms with van der Waals surface area (Å²) in [4.78, 5) is 10.9. The second-order valence-electron chi connectivity index (χ2n) is 4.11. The van der Waals surface area contributed by atoms with Gasteiger partial charge < -0.3 is 10.1 Å². The molecule has 0 saturated carbocycles. The van der Waals surface area contributed by atoms with Crippen molar-refractivity contribution in [3.05, 3.63) is 0 Å². The number of carbonyl (C=O) groups excluding carboxylic acids is 1. The van der Waals surface area contributed by atoms with Gasteiger partial charge in [0.05, 0.1) is 6.10 Å². The molecule has 8 heteroatoms. The van der Waals surface area contributed by atoms with E-state index in [2.05, 4.69) is 0 Å². The van der Waals surface area contributed by atoms with Crippen molar-refractivity contribution in [1.82, 2.24) is 5.32 Å². The summed E-state index contributed by atoms with van der Waals surface area (Å²) in [6.07, 6.45) is -6.44. The standard InChI is InChI=1S/C10H16F5NO2.H2/c1-7(2)18-6-9(11,12)4-3-8(17)16-5-10(13,14)15;/h7H,3-6H2,1-2H3,(H,16,17);1H. The van der Waals surface area contributed by atoms with Gasteiger partial charge in [-0.15, -0.1) is 0 Å². The molecule has 1 N–H and O–H groups in total. The Balaban J connectivity index is 0. The summed E-state index contributed by atoms with van der Waals surface area (Å²) in [6.45, 7) is 0.787. The Hall–Kier alpha value is -0.920. The summed E-state index contributed by atoms with van der Waals surface area (Å²) < 4.78 is 66.0. The second kappa shape index (κ2) is 6.86. The van der Waals surface area contributed by atoms with Crippen LogP contribution in [0, 0.1) is 0 Å². The van der Waals surface area contributed by atoms with Crippen molar-refractivity contribution in [2.24, 2.45) is 0 Å². The average Bonchev–Trinajstić information content (AvgIpc) is 2.20. The fourth-order valence-corrected chi connectivity index (χ4v) is 0.944. The highest BCUT2D eigenvalue weighted by molar-refractivity contribution is 5.75. The number of ether oxygens (including phenoxy) is 1. The van der Waals surface area contributed by atoms with Crippen LogP contribution in [-0.2, 0) is 9.53 Å². The maximum absolute atomic E-state index is 13.1. The van der Waals surface area contributed by atoms with Crippen LogP contribution in [0.4, 0.5) is 22.0 Å². The summed E-state index contributed by atoms with van der Waals surface area (Å²) in [7, 11) is 0. The van der Waals surface area contributed by atoms with Gasteiger partial charge in [0.25, 0.3) is 5.92 Å². The van der Waals surface area contributed by atoms with Crippen molar-refractivity contribution in [1.29, 1.82) is 0 Å². The molecule has 110 valence electrons. The maximum atomic E-state index is 13.1. The highest BCUT2D eigenvalue weighted by atomic mass is 19.4. The first-order chi connectivity index (χ1) is 8.02. The molecule has 0 aliphatic carbocycles. The zero-order valence-electron chi connectivity index (χ0n) is 10.1. The summed E-state index contributed by atoms with van der Waals surface area (Å²) in [5.74, 6) is -4.28. The zero-order valence-corrected chi connectivity index (χ0v) is 10.1. The van der Waals surface area contributed by atoms with Gasteiger partial charge in [-0.2, -0.15) is 13.2 Å². The van der Waals surface area contributed by atoms with Gasteiger partial charge in [0.2, 0.25) is 5.91 Å². The molecule has 0 heterocycles. The van der Waals surface area contributed by atoms with Gasteiger partial charge in [0.15, 0.2) is 0 Å². The number of nitrogens with one attached hydrogen (secondary N) is 1. The van der Waals surface area contributed by atoms with Crippen LogP contribution >= 0.6 is 0 Å². The molecule has 0 rings (SSSR count). The number of rotatable bonds is 7. The number of alkyl halides is 5. The Morgan fingerprint density at radius 1 is 1.28 bits per heavy atom. The third-order valence-corrected chi connectivity index (χ3v) is 1.83. The molecule has 3 nitrogen and oxygen atoms in total. The molecule has 0 bridgehead atoms. The Morgan fingerprint density at radius 3 is 2.28 bits per heavy atom. The lowest BCUT2D eigenvalue weighted by Crippen LogP contribution is -2.35. The van der Waals surface area contributed by atoms with Crippen LogP contribution < -0.4 is 5.32 Å². The van der Waals surface area contributed by atoms with E-state index in [0.29, 0.717) is 0 Å². The van der Waals surface area contributed by atoms with E-state index in [1.165, 1.54) is 5.32 Å². The molecular formula is C10H18F5NO2. The predicted molar refractivity (Wildman–Crippen MR) is 56.4 cm³/mol. The van der Waals surface area contributed by atoms with Gasteiger partial charge in [0, 0.05) is 14.3 Å². The SMILES string of the molecule is CC(C)OCC(F)(F)CCC(=O)NCC(F)(F)F.[HH]. The van der Waals surface area contributed by atoms with E-state index in [-0.39, 0.29) is 7.53 Å². The fourth-order valence-electron chi connectivity index (χ4n) is 0.944. The molecule has 0 atom stereocenters. The molecule has 0 saturated heterocycles. The largest absolute Gasteiger partial charge is 0.405 e. The normalized spacial score (nSPS) is 12.9. The lowest BCUT2D eigenvalue weighted by Gasteiger charge is -2.18. The van der Waals surface area contributed by atoms with Crippen molar-refractivity contribution in [3.63, 3.8) is 0 Å². The van der Waals surface area contributed by atoms with E-state index < -0.39 is 44.0 Å². The number of amides is 1. The molecule has 0 radical (unpaired) electrons. The summed E-state index contributed by atoms with van der Waals surface area (Å²) in [6, 6.07) is 0. The van der Waals surface area contributed by atoms with Crippen molar-refractivity contribution in [2.45, 2.75) is 44.9 Å². The van der Waals surface area contributed by atoms with Crippen LogP contribution in [0.3, 0.4) is 0 Å². The van der Waals surface area contributed by atoms with Crippen LogP contribution in [0.1, 0.15) is 28.1 Å². The molecule has 18 heavy (non-hydrogen) atoms. The first-order valence-corrected chi connectivity index (χ1v) is 5.35. The summed E-state index contributed by atoms with van der Waals surface area (Å²) in [5.41, 5.74) is 0. The van der Waals surface area contributed by atoms with Crippen LogP contribution in [0.5, 0.6) is 0 Å². The van der Waals surface area contributed by atoms with Gasteiger partial charge in [0.1, 0.15) is 13.2 Å². The molecule has 0 aromatic heterocycles. The number of hydrogen-bond acceptors (Lipinski definition) is 2. The Morgan fingerprint density at radius 2 is 1.83 bits per heavy atom. The van der Waals surface area contributed by atoms with Crippen LogP contribution in [0.2, 0.25) is 0 Å². The smallest absolute Gasteiger partial charge is 0.373 e. The monoisotopic (exact) mass is 279 g/mol. The minimum Gasteiger partial charge on any atom is -0.373 e. The molecule has 0 aromatic carbocycles. The molecule has 0 unspecified atom stereocenters. The second-order valence-corrected chi connectivity index (χ2v) is 4.11. The number of hydrogen-bond donors (Lipinski definition) is 1. The molecule has 0 fully saturated rings. The Labute approximate surface area is 103 Å². The van der Waals surface area contributed by atoms with E-state index in [4.69, 9.17) is 4.74 Å². The molecule has 0 aromatic rings. The van der Waals surface area contributed by atoms with E-state index >= 15 is 0 Å². The quantitative estimate of drug-likeness (QED) is 0.728. The fraction of sp³-hybridized carbons (Fsp3) is 0.900.